The predicted octanol–water partition coefficient (Wildman–Crippen LogP) is 2.93. The Kier molecular flexibility index (Phi) is 6.93. The number of amides is 4. The zero-order valence-corrected chi connectivity index (χ0v) is 16.2. The third-order valence-corrected chi connectivity index (χ3v) is 5.13. The van der Waals surface area contributed by atoms with E-state index in [1.54, 1.807) is 6.92 Å². The van der Waals surface area contributed by atoms with Gasteiger partial charge in [-0.1, -0.05) is 45.2 Å². The average Bonchev–Trinajstić information content (AvgIpc) is 2.86. The second-order valence-corrected chi connectivity index (χ2v) is 7.17. The van der Waals surface area contributed by atoms with Crippen molar-refractivity contribution in [2.75, 3.05) is 13.1 Å². The maximum Gasteiger partial charge on any atom is 0.325 e. The topological polar surface area (TPSA) is 78.5 Å². The molecule has 2 rings (SSSR count). The lowest BCUT2D eigenvalue weighted by Crippen LogP contribution is -2.44. The van der Waals surface area contributed by atoms with Gasteiger partial charge < -0.3 is 10.6 Å². The first-order valence-electron chi connectivity index (χ1n) is 9.48. The monoisotopic (exact) mass is 377 g/mol. The number of carbonyl (C=O) groups excluding carboxylic acids is 3. The van der Waals surface area contributed by atoms with Crippen LogP contribution in [0.3, 0.4) is 0 Å². The zero-order chi connectivity index (χ0) is 20.0. The van der Waals surface area contributed by atoms with E-state index in [0.29, 0.717) is 18.0 Å². The summed E-state index contributed by atoms with van der Waals surface area (Å²) in [5, 5.41) is 5.43. The quantitative estimate of drug-likeness (QED) is 0.650. The van der Waals surface area contributed by atoms with E-state index in [2.05, 4.69) is 24.5 Å². The Labute approximate surface area is 159 Å². The van der Waals surface area contributed by atoms with Crippen LogP contribution < -0.4 is 10.6 Å². The van der Waals surface area contributed by atoms with Gasteiger partial charge in [0.25, 0.3) is 5.91 Å². The number of imide groups is 1. The highest BCUT2D eigenvalue weighted by atomic mass is 19.1. The Morgan fingerprint density at radius 2 is 1.93 bits per heavy atom. The highest BCUT2D eigenvalue weighted by Gasteiger charge is 2.49. The van der Waals surface area contributed by atoms with Gasteiger partial charge in [-0.25, -0.2) is 9.18 Å². The van der Waals surface area contributed by atoms with E-state index in [1.165, 1.54) is 24.3 Å². The van der Waals surface area contributed by atoms with Crippen molar-refractivity contribution in [2.24, 2.45) is 5.92 Å². The minimum atomic E-state index is -1.31. The van der Waals surface area contributed by atoms with Crippen molar-refractivity contribution in [1.82, 2.24) is 15.5 Å². The van der Waals surface area contributed by atoms with Crippen LogP contribution in [-0.4, -0.2) is 35.8 Å². The fourth-order valence-corrected chi connectivity index (χ4v) is 3.22. The summed E-state index contributed by atoms with van der Waals surface area (Å²) in [6, 6.07) is 4.75. The molecule has 1 heterocycles. The third-order valence-electron chi connectivity index (χ3n) is 5.13. The van der Waals surface area contributed by atoms with E-state index < -0.39 is 23.3 Å². The van der Waals surface area contributed by atoms with Gasteiger partial charge in [0.05, 0.1) is 0 Å². The number of benzene rings is 1. The van der Waals surface area contributed by atoms with Crippen LogP contribution in [0.25, 0.3) is 0 Å². The molecule has 27 heavy (non-hydrogen) atoms. The number of nitrogens with zero attached hydrogens (tertiary/aromatic N) is 1. The van der Waals surface area contributed by atoms with E-state index in [4.69, 9.17) is 0 Å². The lowest BCUT2D eigenvalue weighted by molar-refractivity contribution is -0.134. The van der Waals surface area contributed by atoms with E-state index >= 15 is 0 Å². The van der Waals surface area contributed by atoms with Gasteiger partial charge in [-0.3, -0.25) is 14.5 Å². The summed E-state index contributed by atoms with van der Waals surface area (Å²) in [7, 11) is 0. The molecule has 0 spiro atoms. The zero-order valence-electron chi connectivity index (χ0n) is 16.2. The molecule has 1 saturated heterocycles. The number of hydrogen-bond acceptors (Lipinski definition) is 3. The first-order chi connectivity index (χ1) is 12.8. The number of urea groups is 1. The van der Waals surface area contributed by atoms with Crippen molar-refractivity contribution in [3.63, 3.8) is 0 Å². The standard InChI is InChI=1S/C20H28FN3O3/c1-4-6-7-14(5-2)12-22-17(25)13-24-18(26)20(3,23-19(24)27)15-8-10-16(21)11-9-15/h8-11,14H,4-7,12-13H2,1-3H3,(H,22,25)(H,23,27). The molecule has 4 amide bonds. The van der Waals surface area contributed by atoms with Crippen LogP contribution in [-0.2, 0) is 15.1 Å². The molecular formula is C20H28FN3O3. The Bertz CT molecular complexity index is 692. The summed E-state index contributed by atoms with van der Waals surface area (Å²) in [6.07, 6.45) is 4.22. The Morgan fingerprint density at radius 1 is 1.26 bits per heavy atom. The molecule has 2 N–H and O–H groups in total. The maximum absolute atomic E-state index is 13.1. The molecule has 2 unspecified atom stereocenters. The maximum atomic E-state index is 13.1. The van der Waals surface area contributed by atoms with Gasteiger partial charge in [-0.2, -0.15) is 0 Å². The predicted molar refractivity (Wildman–Crippen MR) is 100 cm³/mol. The molecule has 0 radical (unpaired) electrons. The number of hydrogen-bond donors (Lipinski definition) is 2. The molecule has 1 aromatic carbocycles. The van der Waals surface area contributed by atoms with Crippen LogP contribution >= 0.6 is 0 Å². The molecule has 1 fully saturated rings. The minimum absolute atomic E-state index is 0.328. The Hall–Kier alpha value is -2.44. The lowest BCUT2D eigenvalue weighted by atomic mass is 9.92. The highest BCUT2D eigenvalue weighted by molar-refractivity contribution is 6.09. The van der Waals surface area contributed by atoms with Crippen LogP contribution in [0.4, 0.5) is 9.18 Å². The molecule has 0 saturated carbocycles. The van der Waals surface area contributed by atoms with Crippen LogP contribution in [0.2, 0.25) is 0 Å². The first kappa shape index (κ1) is 20.9. The number of nitrogens with one attached hydrogen (secondary N) is 2. The normalized spacial score (nSPS) is 20.5. The fraction of sp³-hybridized carbons (Fsp3) is 0.550. The van der Waals surface area contributed by atoms with E-state index in [0.717, 1.165) is 30.6 Å². The van der Waals surface area contributed by atoms with Gasteiger partial charge in [0.2, 0.25) is 5.91 Å². The molecular weight excluding hydrogens is 349 g/mol. The van der Waals surface area contributed by atoms with Crippen LogP contribution in [0.15, 0.2) is 24.3 Å². The van der Waals surface area contributed by atoms with Crippen molar-refractivity contribution in [3.05, 3.63) is 35.6 Å². The highest BCUT2D eigenvalue weighted by Crippen LogP contribution is 2.28. The van der Waals surface area contributed by atoms with Gasteiger partial charge in [0, 0.05) is 6.54 Å². The van der Waals surface area contributed by atoms with Crippen molar-refractivity contribution < 1.29 is 18.8 Å². The van der Waals surface area contributed by atoms with Crippen LogP contribution in [0, 0.1) is 11.7 Å². The SMILES string of the molecule is CCCCC(CC)CNC(=O)CN1C(=O)NC(C)(c2ccc(F)cc2)C1=O. The average molecular weight is 377 g/mol. The molecule has 1 aliphatic rings. The second-order valence-electron chi connectivity index (χ2n) is 7.17. The van der Waals surface area contributed by atoms with Crippen molar-refractivity contribution in [3.8, 4) is 0 Å². The fourth-order valence-electron chi connectivity index (χ4n) is 3.22. The summed E-state index contributed by atoms with van der Waals surface area (Å²) < 4.78 is 13.1. The van der Waals surface area contributed by atoms with Crippen LogP contribution in [0.5, 0.6) is 0 Å². The molecule has 0 bridgehead atoms. The number of carbonyl (C=O) groups is 3. The number of halogens is 1. The molecule has 2 atom stereocenters. The van der Waals surface area contributed by atoms with Crippen molar-refractivity contribution >= 4 is 17.8 Å². The van der Waals surface area contributed by atoms with E-state index in [9.17, 15) is 18.8 Å². The molecule has 148 valence electrons. The smallest absolute Gasteiger partial charge is 0.325 e. The van der Waals surface area contributed by atoms with Crippen molar-refractivity contribution in [1.29, 1.82) is 0 Å². The number of unbranched alkanes of at least 4 members (excludes halogenated alkanes) is 1. The molecule has 1 aliphatic heterocycles. The molecule has 6 nitrogen and oxygen atoms in total. The number of rotatable bonds is 9. The van der Waals surface area contributed by atoms with Crippen LogP contribution in [0.1, 0.15) is 52.0 Å². The van der Waals surface area contributed by atoms with E-state index in [1.807, 2.05) is 0 Å². The van der Waals surface area contributed by atoms with Gasteiger partial charge in [0.1, 0.15) is 17.9 Å². The van der Waals surface area contributed by atoms with Gasteiger partial charge in [-0.15, -0.1) is 0 Å². The lowest BCUT2D eigenvalue weighted by Gasteiger charge is -2.22. The molecule has 1 aromatic rings. The summed E-state index contributed by atoms with van der Waals surface area (Å²) in [6.45, 7) is 5.97. The largest absolute Gasteiger partial charge is 0.354 e. The Balaban J connectivity index is 1.98. The van der Waals surface area contributed by atoms with Crippen molar-refractivity contribution in [2.45, 2.75) is 52.0 Å². The minimum Gasteiger partial charge on any atom is -0.354 e. The van der Waals surface area contributed by atoms with Gasteiger partial charge in [-0.05, 0) is 37.0 Å². The summed E-state index contributed by atoms with van der Waals surface area (Å²) >= 11 is 0. The third kappa shape index (κ3) is 4.84. The molecule has 7 heteroatoms. The summed E-state index contributed by atoms with van der Waals surface area (Å²) in [4.78, 5) is 38.2. The van der Waals surface area contributed by atoms with Gasteiger partial charge >= 0.3 is 6.03 Å². The first-order valence-corrected chi connectivity index (χ1v) is 9.48. The summed E-state index contributed by atoms with van der Waals surface area (Å²) in [5.41, 5.74) is -0.839. The van der Waals surface area contributed by atoms with Gasteiger partial charge in [0.15, 0.2) is 0 Å². The molecule has 0 aliphatic carbocycles. The second kappa shape index (κ2) is 8.97. The van der Waals surface area contributed by atoms with E-state index in [-0.39, 0.29) is 12.5 Å². The summed E-state index contributed by atoms with van der Waals surface area (Å²) in [5.74, 6) is -0.922. The Morgan fingerprint density at radius 3 is 2.52 bits per heavy atom. The molecule has 0 aromatic heterocycles.